The second-order valence-corrected chi connectivity index (χ2v) is 4.61. The van der Waals surface area contributed by atoms with E-state index in [0.717, 1.165) is 22.4 Å². The minimum absolute atomic E-state index is 0.200. The Bertz CT molecular complexity index is 579. The third kappa shape index (κ3) is 3.83. The highest BCUT2D eigenvalue weighted by atomic mass is 16.5. The van der Waals surface area contributed by atoms with Crippen molar-refractivity contribution in [3.05, 3.63) is 65.2 Å². The maximum atomic E-state index is 11.2. The van der Waals surface area contributed by atoms with Gasteiger partial charge in [0.1, 0.15) is 12.4 Å². The van der Waals surface area contributed by atoms with Crippen molar-refractivity contribution in [2.45, 2.75) is 20.0 Å². The maximum Gasteiger partial charge on any atom is 0.238 e. The van der Waals surface area contributed by atoms with E-state index in [2.05, 4.69) is 5.43 Å². The lowest BCUT2D eigenvalue weighted by atomic mass is 10.1. The quantitative estimate of drug-likeness (QED) is 0.497. The van der Waals surface area contributed by atoms with Gasteiger partial charge >= 0.3 is 0 Å². The number of aryl methyl sites for hydroxylation is 1. The zero-order chi connectivity index (χ0) is 14.4. The van der Waals surface area contributed by atoms with Crippen LogP contribution in [0.15, 0.2) is 48.5 Å². The van der Waals surface area contributed by atoms with Crippen LogP contribution in [-0.4, -0.2) is 5.91 Å². The van der Waals surface area contributed by atoms with E-state index >= 15 is 0 Å². The van der Waals surface area contributed by atoms with Gasteiger partial charge in [0.2, 0.25) is 5.91 Å². The first-order valence-electron chi connectivity index (χ1n) is 6.44. The lowest BCUT2D eigenvalue weighted by Gasteiger charge is -2.09. The van der Waals surface area contributed by atoms with Crippen LogP contribution >= 0.6 is 0 Å². The summed E-state index contributed by atoms with van der Waals surface area (Å²) in [5.74, 6) is 5.74. The minimum atomic E-state index is -0.200. The van der Waals surface area contributed by atoms with Gasteiger partial charge in [-0.25, -0.2) is 5.84 Å². The van der Waals surface area contributed by atoms with Crippen molar-refractivity contribution in [3.8, 4) is 5.75 Å². The van der Waals surface area contributed by atoms with Crippen LogP contribution in [-0.2, 0) is 17.8 Å². The summed E-state index contributed by atoms with van der Waals surface area (Å²) in [6, 6.07) is 15.6. The first-order chi connectivity index (χ1) is 9.69. The minimum Gasteiger partial charge on any atom is -0.489 e. The van der Waals surface area contributed by atoms with E-state index in [-0.39, 0.29) is 12.3 Å². The number of hydrogen-bond acceptors (Lipinski definition) is 3. The molecule has 0 aliphatic carbocycles. The third-order valence-corrected chi connectivity index (χ3v) is 3.04. The number of benzene rings is 2. The van der Waals surface area contributed by atoms with Crippen LogP contribution in [0.2, 0.25) is 0 Å². The standard InChI is InChI=1S/C16H18N2O2/c1-12-4-2-3-5-15(12)20-11-14-8-6-13(7-9-14)10-16(19)18-17/h2-9H,10-11,17H2,1H3,(H,18,19). The second kappa shape index (κ2) is 6.73. The van der Waals surface area contributed by atoms with Crippen molar-refractivity contribution < 1.29 is 9.53 Å². The fourth-order valence-corrected chi connectivity index (χ4v) is 1.87. The van der Waals surface area contributed by atoms with Crippen LogP contribution in [0.3, 0.4) is 0 Å². The third-order valence-electron chi connectivity index (χ3n) is 3.04. The Morgan fingerprint density at radius 1 is 1.10 bits per heavy atom. The molecule has 0 aliphatic rings. The van der Waals surface area contributed by atoms with Gasteiger partial charge in [-0.2, -0.15) is 0 Å². The lowest BCUT2D eigenvalue weighted by molar-refractivity contribution is -0.120. The van der Waals surface area contributed by atoms with Crippen molar-refractivity contribution in [2.24, 2.45) is 5.84 Å². The number of amides is 1. The number of rotatable bonds is 5. The molecule has 0 heterocycles. The Morgan fingerprint density at radius 2 is 1.75 bits per heavy atom. The Hall–Kier alpha value is -2.33. The van der Waals surface area contributed by atoms with Gasteiger partial charge in [0.05, 0.1) is 6.42 Å². The highest BCUT2D eigenvalue weighted by Gasteiger charge is 2.02. The zero-order valence-electron chi connectivity index (χ0n) is 11.4. The fraction of sp³-hybridized carbons (Fsp3) is 0.188. The predicted octanol–water partition coefficient (Wildman–Crippen LogP) is 2.11. The van der Waals surface area contributed by atoms with E-state index in [4.69, 9.17) is 10.6 Å². The van der Waals surface area contributed by atoms with E-state index < -0.39 is 0 Å². The number of nitrogens with two attached hydrogens (primary N) is 1. The molecule has 0 bridgehead atoms. The van der Waals surface area contributed by atoms with Gasteiger partial charge in [0, 0.05) is 0 Å². The van der Waals surface area contributed by atoms with Gasteiger partial charge in [0.15, 0.2) is 0 Å². The molecule has 2 rings (SSSR count). The van der Waals surface area contributed by atoms with E-state index in [0.29, 0.717) is 6.61 Å². The van der Waals surface area contributed by atoms with Gasteiger partial charge in [0.25, 0.3) is 0 Å². The molecule has 20 heavy (non-hydrogen) atoms. The molecule has 0 aromatic heterocycles. The monoisotopic (exact) mass is 270 g/mol. The normalized spacial score (nSPS) is 10.1. The molecule has 2 aromatic carbocycles. The smallest absolute Gasteiger partial charge is 0.238 e. The van der Waals surface area contributed by atoms with Crippen LogP contribution < -0.4 is 16.0 Å². The molecule has 0 saturated heterocycles. The largest absolute Gasteiger partial charge is 0.489 e. The molecule has 0 radical (unpaired) electrons. The molecule has 0 atom stereocenters. The summed E-state index contributed by atoms with van der Waals surface area (Å²) in [6.07, 6.45) is 0.287. The maximum absolute atomic E-state index is 11.2. The van der Waals surface area contributed by atoms with Crippen molar-refractivity contribution >= 4 is 5.91 Å². The van der Waals surface area contributed by atoms with Crippen LogP contribution in [0.4, 0.5) is 0 Å². The molecule has 2 aromatic rings. The summed E-state index contributed by atoms with van der Waals surface area (Å²) in [5.41, 5.74) is 5.22. The number of hydrazine groups is 1. The number of nitrogens with one attached hydrogen (secondary N) is 1. The molecule has 0 fully saturated rings. The summed E-state index contributed by atoms with van der Waals surface area (Å²) in [5, 5.41) is 0. The molecular formula is C16H18N2O2. The molecule has 0 aliphatic heterocycles. The van der Waals surface area contributed by atoms with Crippen molar-refractivity contribution in [1.29, 1.82) is 0 Å². The number of carbonyl (C=O) groups excluding carboxylic acids is 1. The first kappa shape index (κ1) is 14.1. The SMILES string of the molecule is Cc1ccccc1OCc1ccc(CC(=O)NN)cc1. The Balaban J connectivity index is 1.94. The Labute approximate surface area is 118 Å². The van der Waals surface area contributed by atoms with Gasteiger partial charge < -0.3 is 4.74 Å². The Morgan fingerprint density at radius 3 is 2.40 bits per heavy atom. The van der Waals surface area contributed by atoms with E-state index in [1.165, 1.54) is 0 Å². The Kier molecular flexibility index (Phi) is 4.74. The molecule has 0 unspecified atom stereocenters. The highest BCUT2D eigenvalue weighted by molar-refractivity contribution is 5.77. The molecule has 4 heteroatoms. The molecule has 4 nitrogen and oxygen atoms in total. The summed E-state index contributed by atoms with van der Waals surface area (Å²) >= 11 is 0. The predicted molar refractivity (Wildman–Crippen MR) is 78.0 cm³/mol. The molecule has 104 valence electrons. The van der Waals surface area contributed by atoms with Crippen LogP contribution in [0, 0.1) is 6.92 Å². The van der Waals surface area contributed by atoms with Crippen molar-refractivity contribution in [1.82, 2.24) is 5.43 Å². The topological polar surface area (TPSA) is 64.3 Å². The van der Waals surface area contributed by atoms with E-state index in [1.54, 1.807) is 0 Å². The van der Waals surface area contributed by atoms with Crippen molar-refractivity contribution in [2.75, 3.05) is 0 Å². The van der Waals surface area contributed by atoms with Gasteiger partial charge in [-0.1, -0.05) is 42.5 Å². The summed E-state index contributed by atoms with van der Waals surface area (Å²) in [4.78, 5) is 11.2. The summed E-state index contributed by atoms with van der Waals surface area (Å²) in [6.45, 7) is 2.53. The molecule has 0 saturated carbocycles. The second-order valence-electron chi connectivity index (χ2n) is 4.61. The number of para-hydroxylation sites is 1. The number of ether oxygens (including phenoxy) is 1. The van der Waals surface area contributed by atoms with Gasteiger partial charge in [-0.15, -0.1) is 0 Å². The van der Waals surface area contributed by atoms with Crippen molar-refractivity contribution in [3.63, 3.8) is 0 Å². The highest BCUT2D eigenvalue weighted by Crippen LogP contribution is 2.18. The average molecular weight is 270 g/mol. The van der Waals surface area contributed by atoms with Crippen LogP contribution in [0.1, 0.15) is 16.7 Å². The van der Waals surface area contributed by atoms with E-state index in [1.807, 2.05) is 55.5 Å². The molecule has 1 amide bonds. The van der Waals surface area contributed by atoms with Gasteiger partial charge in [-0.05, 0) is 29.7 Å². The molecular weight excluding hydrogens is 252 g/mol. The first-order valence-corrected chi connectivity index (χ1v) is 6.44. The summed E-state index contributed by atoms with van der Waals surface area (Å²) < 4.78 is 5.77. The number of carbonyl (C=O) groups is 1. The van der Waals surface area contributed by atoms with Crippen LogP contribution in [0.5, 0.6) is 5.75 Å². The van der Waals surface area contributed by atoms with E-state index in [9.17, 15) is 4.79 Å². The van der Waals surface area contributed by atoms with Gasteiger partial charge in [-0.3, -0.25) is 10.2 Å². The number of hydrogen-bond donors (Lipinski definition) is 2. The zero-order valence-corrected chi connectivity index (χ0v) is 11.4. The molecule has 3 N–H and O–H groups in total. The fourth-order valence-electron chi connectivity index (χ4n) is 1.87. The lowest BCUT2D eigenvalue weighted by Crippen LogP contribution is -2.31. The van der Waals surface area contributed by atoms with Crippen LogP contribution in [0.25, 0.3) is 0 Å². The average Bonchev–Trinajstić information content (AvgIpc) is 2.48. The molecule has 0 spiro atoms. The summed E-state index contributed by atoms with van der Waals surface area (Å²) in [7, 11) is 0.